The standard InChI is InChI=1S/C8H15N3O2/c1-6(2)7-9-8(11-10-7)13-5-4-12-3/h6H,4-5H2,1-3H3,(H,9,10,11). The molecule has 0 saturated heterocycles. The molecule has 0 unspecified atom stereocenters. The molecule has 1 heterocycles. The molecule has 0 aliphatic rings. The number of rotatable bonds is 5. The molecule has 0 saturated carbocycles. The van der Waals surface area contributed by atoms with E-state index in [1.165, 1.54) is 0 Å². The third-order valence-electron chi connectivity index (χ3n) is 1.55. The molecule has 13 heavy (non-hydrogen) atoms. The van der Waals surface area contributed by atoms with Gasteiger partial charge < -0.3 is 9.47 Å². The molecule has 0 radical (unpaired) electrons. The minimum atomic E-state index is 0.340. The number of nitrogens with one attached hydrogen (secondary N) is 1. The topological polar surface area (TPSA) is 60.0 Å². The first-order chi connectivity index (χ1) is 6.24. The molecule has 5 nitrogen and oxygen atoms in total. The van der Waals surface area contributed by atoms with E-state index in [9.17, 15) is 0 Å². The Labute approximate surface area is 77.5 Å². The summed E-state index contributed by atoms with van der Waals surface area (Å²) in [7, 11) is 1.63. The van der Waals surface area contributed by atoms with E-state index in [1.807, 2.05) is 13.8 Å². The van der Waals surface area contributed by atoms with Crippen molar-refractivity contribution in [3.05, 3.63) is 5.82 Å². The molecule has 0 atom stereocenters. The molecule has 0 bridgehead atoms. The van der Waals surface area contributed by atoms with Crippen molar-refractivity contribution in [2.45, 2.75) is 19.8 Å². The number of hydrogen-bond acceptors (Lipinski definition) is 4. The molecule has 0 amide bonds. The quantitative estimate of drug-likeness (QED) is 0.694. The van der Waals surface area contributed by atoms with Gasteiger partial charge in [0.15, 0.2) is 0 Å². The number of H-pyrrole nitrogens is 1. The van der Waals surface area contributed by atoms with E-state index < -0.39 is 0 Å². The highest BCUT2D eigenvalue weighted by Crippen LogP contribution is 2.10. The number of hydrogen-bond donors (Lipinski definition) is 1. The van der Waals surface area contributed by atoms with E-state index in [-0.39, 0.29) is 0 Å². The Kier molecular flexibility index (Phi) is 3.70. The summed E-state index contributed by atoms with van der Waals surface area (Å²) in [6, 6.07) is 0.390. The van der Waals surface area contributed by atoms with Crippen molar-refractivity contribution in [3.8, 4) is 6.01 Å². The molecule has 5 heteroatoms. The van der Waals surface area contributed by atoms with Gasteiger partial charge in [-0.1, -0.05) is 13.8 Å². The van der Waals surface area contributed by atoms with Crippen molar-refractivity contribution in [1.29, 1.82) is 0 Å². The second-order valence-electron chi connectivity index (χ2n) is 3.00. The summed E-state index contributed by atoms with van der Waals surface area (Å²) in [5.74, 6) is 1.18. The molecular weight excluding hydrogens is 170 g/mol. The van der Waals surface area contributed by atoms with Crippen LogP contribution in [0.2, 0.25) is 0 Å². The first-order valence-electron chi connectivity index (χ1n) is 4.28. The average molecular weight is 185 g/mol. The van der Waals surface area contributed by atoms with Gasteiger partial charge in [-0.25, -0.2) is 0 Å². The fraction of sp³-hybridized carbons (Fsp3) is 0.750. The molecule has 0 spiro atoms. The van der Waals surface area contributed by atoms with Gasteiger partial charge in [0.2, 0.25) is 0 Å². The Bertz CT molecular complexity index is 247. The second kappa shape index (κ2) is 4.81. The van der Waals surface area contributed by atoms with Crippen LogP contribution in [0, 0.1) is 0 Å². The van der Waals surface area contributed by atoms with Crippen LogP contribution in [0.4, 0.5) is 0 Å². The van der Waals surface area contributed by atoms with Crippen molar-refractivity contribution >= 4 is 0 Å². The van der Waals surface area contributed by atoms with E-state index in [1.54, 1.807) is 7.11 Å². The Hall–Kier alpha value is -1.10. The Balaban J connectivity index is 2.40. The summed E-state index contributed by atoms with van der Waals surface area (Å²) in [4.78, 5) is 4.14. The highest BCUT2D eigenvalue weighted by Gasteiger charge is 2.06. The van der Waals surface area contributed by atoms with E-state index in [0.29, 0.717) is 25.1 Å². The van der Waals surface area contributed by atoms with Crippen LogP contribution < -0.4 is 4.74 Å². The van der Waals surface area contributed by atoms with Crippen LogP contribution in [-0.2, 0) is 4.74 Å². The fourth-order valence-corrected chi connectivity index (χ4v) is 0.797. The van der Waals surface area contributed by atoms with Crippen LogP contribution in [-0.4, -0.2) is 35.5 Å². The summed E-state index contributed by atoms with van der Waals surface area (Å²) >= 11 is 0. The Morgan fingerprint density at radius 1 is 1.38 bits per heavy atom. The Morgan fingerprint density at radius 3 is 2.69 bits per heavy atom. The number of aromatic amines is 1. The highest BCUT2D eigenvalue weighted by atomic mass is 16.5. The lowest BCUT2D eigenvalue weighted by molar-refractivity contribution is 0.141. The first kappa shape index (κ1) is 9.98. The zero-order chi connectivity index (χ0) is 9.68. The third kappa shape index (κ3) is 3.02. The zero-order valence-electron chi connectivity index (χ0n) is 8.20. The maximum absolute atomic E-state index is 5.20. The minimum Gasteiger partial charge on any atom is -0.460 e. The van der Waals surface area contributed by atoms with Gasteiger partial charge in [0.1, 0.15) is 12.4 Å². The summed E-state index contributed by atoms with van der Waals surface area (Å²) in [6.07, 6.45) is 0. The lowest BCUT2D eigenvalue weighted by Gasteiger charge is -1.98. The van der Waals surface area contributed by atoms with Gasteiger partial charge in [0.25, 0.3) is 0 Å². The van der Waals surface area contributed by atoms with E-state index in [4.69, 9.17) is 9.47 Å². The minimum absolute atomic E-state index is 0.340. The van der Waals surface area contributed by atoms with Gasteiger partial charge in [-0.3, -0.25) is 5.10 Å². The SMILES string of the molecule is COCCOc1n[nH]c(C(C)C)n1. The number of nitrogens with zero attached hydrogens (tertiary/aromatic N) is 2. The number of ether oxygens (including phenoxy) is 2. The van der Waals surface area contributed by atoms with Gasteiger partial charge in [0, 0.05) is 13.0 Å². The fourth-order valence-electron chi connectivity index (χ4n) is 0.797. The lowest BCUT2D eigenvalue weighted by Crippen LogP contribution is -2.05. The summed E-state index contributed by atoms with van der Waals surface area (Å²) < 4.78 is 10.0. The van der Waals surface area contributed by atoms with Crippen molar-refractivity contribution in [1.82, 2.24) is 15.2 Å². The predicted molar refractivity (Wildman–Crippen MR) is 47.8 cm³/mol. The Morgan fingerprint density at radius 2 is 2.15 bits per heavy atom. The monoisotopic (exact) mass is 185 g/mol. The molecule has 1 aromatic rings. The normalized spacial score (nSPS) is 10.8. The molecular formula is C8H15N3O2. The lowest BCUT2D eigenvalue weighted by atomic mass is 10.2. The zero-order valence-corrected chi connectivity index (χ0v) is 8.20. The molecule has 0 aliphatic carbocycles. The molecule has 0 fully saturated rings. The highest BCUT2D eigenvalue weighted by molar-refractivity contribution is 4.98. The van der Waals surface area contributed by atoms with Crippen LogP contribution in [0.5, 0.6) is 6.01 Å². The number of aromatic nitrogens is 3. The average Bonchev–Trinajstić information content (AvgIpc) is 2.53. The molecule has 0 aliphatic heterocycles. The summed E-state index contributed by atoms with van der Waals surface area (Å²) in [5, 5.41) is 6.70. The van der Waals surface area contributed by atoms with Crippen molar-refractivity contribution in [3.63, 3.8) is 0 Å². The summed E-state index contributed by atoms with van der Waals surface area (Å²) in [5.41, 5.74) is 0. The van der Waals surface area contributed by atoms with Gasteiger partial charge in [0.05, 0.1) is 6.61 Å². The third-order valence-corrected chi connectivity index (χ3v) is 1.55. The van der Waals surface area contributed by atoms with Crippen molar-refractivity contribution in [2.75, 3.05) is 20.3 Å². The maximum Gasteiger partial charge on any atom is 0.335 e. The van der Waals surface area contributed by atoms with Crippen LogP contribution in [0.15, 0.2) is 0 Å². The van der Waals surface area contributed by atoms with Crippen LogP contribution >= 0.6 is 0 Å². The van der Waals surface area contributed by atoms with Crippen LogP contribution in [0.1, 0.15) is 25.6 Å². The smallest absolute Gasteiger partial charge is 0.335 e. The van der Waals surface area contributed by atoms with Gasteiger partial charge >= 0.3 is 6.01 Å². The van der Waals surface area contributed by atoms with E-state index in [0.717, 1.165) is 5.82 Å². The first-order valence-corrected chi connectivity index (χ1v) is 4.28. The van der Waals surface area contributed by atoms with Crippen molar-refractivity contribution < 1.29 is 9.47 Å². The molecule has 1 rings (SSSR count). The number of methoxy groups -OCH3 is 1. The molecule has 1 aromatic heterocycles. The summed E-state index contributed by atoms with van der Waals surface area (Å²) in [6.45, 7) is 5.11. The van der Waals surface area contributed by atoms with Crippen LogP contribution in [0.3, 0.4) is 0 Å². The molecule has 1 N–H and O–H groups in total. The van der Waals surface area contributed by atoms with E-state index >= 15 is 0 Å². The van der Waals surface area contributed by atoms with Crippen LogP contribution in [0.25, 0.3) is 0 Å². The van der Waals surface area contributed by atoms with Crippen molar-refractivity contribution in [2.24, 2.45) is 0 Å². The predicted octanol–water partition coefficient (Wildman–Crippen LogP) is 0.953. The van der Waals surface area contributed by atoms with Gasteiger partial charge in [-0.05, 0) is 0 Å². The van der Waals surface area contributed by atoms with Gasteiger partial charge in [-0.15, -0.1) is 5.10 Å². The molecule has 0 aromatic carbocycles. The largest absolute Gasteiger partial charge is 0.460 e. The molecule has 74 valence electrons. The second-order valence-corrected chi connectivity index (χ2v) is 3.00. The maximum atomic E-state index is 5.20. The van der Waals surface area contributed by atoms with Gasteiger partial charge in [-0.2, -0.15) is 4.98 Å². The van der Waals surface area contributed by atoms with E-state index in [2.05, 4.69) is 15.2 Å².